The molecule has 2 rings (SSSR count). The second-order valence-corrected chi connectivity index (χ2v) is 4.97. The highest BCUT2D eigenvalue weighted by Gasteiger charge is 2.20. The van der Waals surface area contributed by atoms with E-state index in [1.165, 1.54) is 11.3 Å². The first-order chi connectivity index (χ1) is 8.51. The topological polar surface area (TPSA) is 91.2 Å². The number of pyridine rings is 1. The number of methoxy groups -OCH3 is 1. The Morgan fingerprint density at radius 3 is 2.67 bits per heavy atom. The number of carbonyl (C=O) groups is 1. The van der Waals surface area contributed by atoms with Crippen LogP contribution in [0.2, 0.25) is 0 Å². The molecule has 0 saturated carbocycles. The molecule has 5 nitrogen and oxygen atoms in total. The average Bonchev–Trinajstić information content (AvgIpc) is 2.66. The standard InChI is InChI=1S/C12H15N3O2S/c1-4-6-5(2)7-8(13)9(10(14)16)18-12(7)15-11(6)17-3/h4,13H2,1-3H3,(H2,14,16). The number of nitrogens with zero attached hydrogens (tertiary/aromatic N) is 1. The van der Waals surface area contributed by atoms with Gasteiger partial charge in [0.15, 0.2) is 0 Å². The highest BCUT2D eigenvalue weighted by molar-refractivity contribution is 7.21. The lowest BCUT2D eigenvalue weighted by atomic mass is 10.0. The third kappa shape index (κ3) is 1.69. The van der Waals surface area contributed by atoms with Gasteiger partial charge in [0.2, 0.25) is 5.88 Å². The number of thiophene rings is 1. The molecule has 4 N–H and O–H groups in total. The van der Waals surface area contributed by atoms with E-state index in [1.807, 2.05) is 13.8 Å². The molecule has 0 spiro atoms. The Hall–Kier alpha value is -1.82. The summed E-state index contributed by atoms with van der Waals surface area (Å²) in [6.07, 6.45) is 0.791. The van der Waals surface area contributed by atoms with E-state index >= 15 is 0 Å². The van der Waals surface area contributed by atoms with Crippen LogP contribution in [-0.2, 0) is 6.42 Å². The number of aromatic nitrogens is 1. The van der Waals surface area contributed by atoms with E-state index in [1.54, 1.807) is 7.11 Å². The summed E-state index contributed by atoms with van der Waals surface area (Å²) in [6, 6.07) is 0. The van der Waals surface area contributed by atoms with Crippen LogP contribution < -0.4 is 16.2 Å². The van der Waals surface area contributed by atoms with E-state index in [2.05, 4.69) is 4.98 Å². The number of anilines is 1. The number of hydrogen-bond donors (Lipinski definition) is 2. The molecule has 96 valence electrons. The zero-order chi connectivity index (χ0) is 13.4. The largest absolute Gasteiger partial charge is 0.481 e. The molecular weight excluding hydrogens is 250 g/mol. The maximum Gasteiger partial charge on any atom is 0.260 e. The third-order valence-electron chi connectivity index (χ3n) is 2.99. The average molecular weight is 265 g/mol. The van der Waals surface area contributed by atoms with Gasteiger partial charge < -0.3 is 16.2 Å². The summed E-state index contributed by atoms with van der Waals surface area (Å²) in [5.74, 6) is 0.0617. The van der Waals surface area contributed by atoms with E-state index in [4.69, 9.17) is 16.2 Å². The lowest BCUT2D eigenvalue weighted by molar-refractivity contribution is 0.100. The number of fused-ring (bicyclic) bond motifs is 1. The molecule has 0 fully saturated rings. The van der Waals surface area contributed by atoms with Crippen molar-refractivity contribution in [3.05, 3.63) is 16.0 Å². The van der Waals surface area contributed by atoms with Gasteiger partial charge in [-0.25, -0.2) is 4.98 Å². The Morgan fingerprint density at radius 2 is 2.17 bits per heavy atom. The molecule has 18 heavy (non-hydrogen) atoms. The SMILES string of the molecule is CCc1c(OC)nc2sc(C(N)=O)c(N)c2c1C. The maximum absolute atomic E-state index is 11.3. The van der Waals surface area contributed by atoms with Crippen molar-refractivity contribution in [1.29, 1.82) is 0 Å². The van der Waals surface area contributed by atoms with Gasteiger partial charge in [0, 0.05) is 10.9 Å². The summed E-state index contributed by atoms with van der Waals surface area (Å²) in [6.45, 7) is 3.98. The van der Waals surface area contributed by atoms with Gasteiger partial charge in [0.05, 0.1) is 12.8 Å². The maximum atomic E-state index is 11.3. The van der Waals surface area contributed by atoms with Gasteiger partial charge in [-0.1, -0.05) is 6.92 Å². The van der Waals surface area contributed by atoms with Crippen molar-refractivity contribution < 1.29 is 9.53 Å². The number of carbonyl (C=O) groups excluding carboxylic acids is 1. The van der Waals surface area contributed by atoms with Crippen molar-refractivity contribution in [2.75, 3.05) is 12.8 Å². The molecule has 1 amide bonds. The summed E-state index contributed by atoms with van der Waals surface area (Å²) in [5.41, 5.74) is 13.7. The van der Waals surface area contributed by atoms with E-state index in [9.17, 15) is 4.79 Å². The Balaban J connectivity index is 2.87. The lowest BCUT2D eigenvalue weighted by Gasteiger charge is -2.10. The fourth-order valence-corrected chi connectivity index (χ4v) is 3.11. The summed E-state index contributed by atoms with van der Waals surface area (Å²) >= 11 is 1.20. The number of hydrogen-bond acceptors (Lipinski definition) is 5. The first kappa shape index (κ1) is 12.6. The monoisotopic (exact) mass is 265 g/mol. The molecule has 0 saturated heterocycles. The Bertz CT molecular complexity index is 634. The van der Waals surface area contributed by atoms with Crippen molar-refractivity contribution in [3.63, 3.8) is 0 Å². The molecule has 0 atom stereocenters. The van der Waals surface area contributed by atoms with E-state index in [-0.39, 0.29) is 0 Å². The Labute approximate surface area is 109 Å². The van der Waals surface area contributed by atoms with E-state index in [0.29, 0.717) is 21.3 Å². The van der Waals surface area contributed by atoms with Gasteiger partial charge in [0.25, 0.3) is 5.91 Å². The quantitative estimate of drug-likeness (QED) is 0.886. The number of ether oxygens (including phenoxy) is 1. The predicted molar refractivity (Wildman–Crippen MR) is 73.2 cm³/mol. The summed E-state index contributed by atoms with van der Waals surface area (Å²) in [5, 5.41) is 0.812. The zero-order valence-corrected chi connectivity index (χ0v) is 11.4. The fraction of sp³-hybridized carbons (Fsp3) is 0.333. The minimum absolute atomic E-state index is 0.357. The van der Waals surface area contributed by atoms with E-state index in [0.717, 1.165) is 22.9 Å². The second kappa shape index (κ2) is 4.45. The van der Waals surface area contributed by atoms with Gasteiger partial charge in [-0.2, -0.15) is 0 Å². The molecule has 2 aromatic heterocycles. The minimum Gasteiger partial charge on any atom is -0.481 e. The van der Waals surface area contributed by atoms with Crippen molar-refractivity contribution in [1.82, 2.24) is 4.98 Å². The Morgan fingerprint density at radius 1 is 1.50 bits per heavy atom. The molecule has 0 radical (unpaired) electrons. The van der Waals surface area contributed by atoms with Crippen LogP contribution >= 0.6 is 11.3 Å². The van der Waals surface area contributed by atoms with Crippen LogP contribution in [0.4, 0.5) is 5.69 Å². The lowest BCUT2D eigenvalue weighted by Crippen LogP contribution is -2.10. The van der Waals surface area contributed by atoms with Crippen LogP contribution in [0.5, 0.6) is 5.88 Å². The van der Waals surface area contributed by atoms with Crippen molar-refractivity contribution >= 4 is 33.1 Å². The highest BCUT2D eigenvalue weighted by atomic mass is 32.1. The number of aryl methyl sites for hydroxylation is 1. The molecule has 0 unspecified atom stereocenters. The number of rotatable bonds is 3. The molecule has 0 aliphatic heterocycles. The van der Waals surface area contributed by atoms with Crippen LogP contribution in [-0.4, -0.2) is 18.0 Å². The second-order valence-electron chi connectivity index (χ2n) is 3.97. The number of amides is 1. The fourth-order valence-electron chi connectivity index (χ4n) is 2.11. The van der Waals surface area contributed by atoms with Crippen LogP contribution in [0.25, 0.3) is 10.2 Å². The smallest absolute Gasteiger partial charge is 0.260 e. The van der Waals surface area contributed by atoms with Gasteiger partial charge in [-0.05, 0) is 18.9 Å². The normalized spacial score (nSPS) is 10.8. The summed E-state index contributed by atoms with van der Waals surface area (Å²) in [7, 11) is 1.58. The van der Waals surface area contributed by atoms with Crippen molar-refractivity contribution in [2.24, 2.45) is 5.73 Å². The molecule has 2 heterocycles. The van der Waals surface area contributed by atoms with Crippen LogP contribution in [0, 0.1) is 6.92 Å². The number of nitrogen functional groups attached to an aromatic ring is 1. The third-order valence-corrected chi connectivity index (χ3v) is 4.10. The summed E-state index contributed by atoms with van der Waals surface area (Å²) < 4.78 is 5.27. The molecule has 0 bridgehead atoms. The first-order valence-corrected chi connectivity index (χ1v) is 6.38. The Kier molecular flexibility index (Phi) is 3.13. The molecule has 2 aromatic rings. The van der Waals surface area contributed by atoms with Crippen LogP contribution in [0.1, 0.15) is 27.7 Å². The van der Waals surface area contributed by atoms with Crippen molar-refractivity contribution in [2.45, 2.75) is 20.3 Å². The number of primary amides is 1. The van der Waals surface area contributed by atoms with E-state index < -0.39 is 5.91 Å². The molecule has 0 aromatic carbocycles. The van der Waals surface area contributed by atoms with Crippen LogP contribution in [0.3, 0.4) is 0 Å². The number of nitrogens with two attached hydrogens (primary N) is 2. The van der Waals surface area contributed by atoms with Gasteiger partial charge in [-0.15, -0.1) is 11.3 Å². The van der Waals surface area contributed by atoms with Gasteiger partial charge >= 0.3 is 0 Å². The highest BCUT2D eigenvalue weighted by Crippen LogP contribution is 2.38. The predicted octanol–water partition coefficient (Wildman–Crippen LogP) is 1.86. The van der Waals surface area contributed by atoms with Crippen LogP contribution in [0.15, 0.2) is 0 Å². The molecule has 6 heteroatoms. The van der Waals surface area contributed by atoms with Gasteiger partial charge in [0.1, 0.15) is 9.71 Å². The summed E-state index contributed by atoms with van der Waals surface area (Å²) in [4.78, 5) is 16.7. The molecular formula is C12H15N3O2S. The first-order valence-electron chi connectivity index (χ1n) is 5.56. The molecule has 0 aliphatic carbocycles. The molecule has 0 aliphatic rings. The zero-order valence-electron chi connectivity index (χ0n) is 10.5. The van der Waals surface area contributed by atoms with Gasteiger partial charge in [-0.3, -0.25) is 4.79 Å². The van der Waals surface area contributed by atoms with Crippen molar-refractivity contribution in [3.8, 4) is 5.88 Å². The minimum atomic E-state index is -0.521.